The Morgan fingerprint density at radius 3 is 3.13 bits per heavy atom. The Bertz CT molecular complexity index is 353. The van der Waals surface area contributed by atoms with Crippen molar-refractivity contribution >= 4 is 33.2 Å². The third-order valence-electron chi connectivity index (χ3n) is 2.39. The number of thiophene rings is 1. The van der Waals surface area contributed by atoms with Gasteiger partial charge in [-0.3, -0.25) is 4.79 Å². The van der Waals surface area contributed by atoms with Crippen LogP contribution in [-0.2, 0) is 11.3 Å². The number of rotatable bonds is 2. The van der Waals surface area contributed by atoms with E-state index in [2.05, 4.69) is 27.3 Å². The van der Waals surface area contributed by atoms with E-state index in [1.807, 2.05) is 11.0 Å². The molecule has 1 fully saturated rings. The average Bonchev–Trinajstić information content (AvgIpc) is 2.50. The monoisotopic (exact) mass is 288 g/mol. The fourth-order valence-electron chi connectivity index (χ4n) is 1.62. The summed E-state index contributed by atoms with van der Waals surface area (Å²) in [5.74, 6) is 0.206. The van der Waals surface area contributed by atoms with Gasteiger partial charge in [-0.1, -0.05) is 0 Å². The van der Waals surface area contributed by atoms with E-state index in [1.165, 1.54) is 4.88 Å². The molecule has 0 aromatic carbocycles. The third kappa shape index (κ3) is 3.03. The van der Waals surface area contributed by atoms with Gasteiger partial charge >= 0.3 is 0 Å². The molecule has 0 spiro atoms. The van der Waals surface area contributed by atoms with Gasteiger partial charge in [-0.15, -0.1) is 11.3 Å². The summed E-state index contributed by atoms with van der Waals surface area (Å²) < 4.78 is 1.12. The van der Waals surface area contributed by atoms with Crippen LogP contribution in [0.15, 0.2) is 15.9 Å². The van der Waals surface area contributed by atoms with Crippen LogP contribution in [0.2, 0.25) is 0 Å². The van der Waals surface area contributed by atoms with Crippen LogP contribution < -0.4 is 5.32 Å². The first kappa shape index (κ1) is 11.1. The lowest BCUT2D eigenvalue weighted by atomic mass is 10.3. The lowest BCUT2D eigenvalue weighted by molar-refractivity contribution is -0.130. The van der Waals surface area contributed by atoms with Crippen molar-refractivity contribution in [3.63, 3.8) is 0 Å². The topological polar surface area (TPSA) is 32.3 Å². The number of carbonyl (C=O) groups excluding carboxylic acids is 1. The standard InChI is InChI=1S/C10H13BrN2OS/c11-9-3-2-8(15-9)7-13-5-1-4-12-6-10(13)14/h2-3,12H,1,4-7H2. The first-order chi connectivity index (χ1) is 7.25. The predicted molar refractivity (Wildman–Crippen MR) is 64.9 cm³/mol. The summed E-state index contributed by atoms with van der Waals surface area (Å²) >= 11 is 5.12. The van der Waals surface area contributed by atoms with Gasteiger partial charge in [0.05, 0.1) is 16.9 Å². The van der Waals surface area contributed by atoms with Crippen LogP contribution in [0, 0.1) is 0 Å². The molecular weight excluding hydrogens is 276 g/mol. The van der Waals surface area contributed by atoms with E-state index in [4.69, 9.17) is 0 Å². The predicted octanol–water partition coefficient (Wildman–Crippen LogP) is 1.83. The molecule has 2 heterocycles. The fraction of sp³-hybridized carbons (Fsp3) is 0.500. The number of hydrogen-bond acceptors (Lipinski definition) is 3. The molecule has 1 amide bonds. The van der Waals surface area contributed by atoms with E-state index in [9.17, 15) is 4.79 Å². The van der Waals surface area contributed by atoms with Crippen molar-refractivity contribution < 1.29 is 4.79 Å². The molecule has 0 atom stereocenters. The molecule has 1 aliphatic heterocycles. The van der Waals surface area contributed by atoms with E-state index in [-0.39, 0.29) is 5.91 Å². The van der Waals surface area contributed by atoms with Gasteiger partial charge in [-0.2, -0.15) is 0 Å². The maximum Gasteiger partial charge on any atom is 0.236 e. The van der Waals surface area contributed by atoms with Crippen molar-refractivity contribution in [1.82, 2.24) is 10.2 Å². The highest BCUT2D eigenvalue weighted by Gasteiger charge is 2.16. The van der Waals surface area contributed by atoms with Crippen LogP contribution >= 0.6 is 27.3 Å². The molecule has 5 heteroatoms. The average molecular weight is 289 g/mol. The summed E-state index contributed by atoms with van der Waals surface area (Å²) in [4.78, 5) is 14.8. The highest BCUT2D eigenvalue weighted by Crippen LogP contribution is 2.23. The minimum absolute atomic E-state index is 0.206. The Morgan fingerprint density at radius 1 is 1.53 bits per heavy atom. The summed E-state index contributed by atoms with van der Waals surface area (Å²) in [7, 11) is 0. The molecule has 82 valence electrons. The van der Waals surface area contributed by atoms with Crippen LogP contribution in [0.3, 0.4) is 0 Å². The molecule has 0 unspecified atom stereocenters. The van der Waals surface area contributed by atoms with E-state index >= 15 is 0 Å². The molecule has 1 aliphatic rings. The SMILES string of the molecule is O=C1CNCCCN1Cc1ccc(Br)s1. The number of halogens is 1. The molecule has 2 rings (SSSR count). The largest absolute Gasteiger partial charge is 0.336 e. The summed E-state index contributed by atoms with van der Waals surface area (Å²) in [6.45, 7) is 3.03. The van der Waals surface area contributed by atoms with Crippen molar-refractivity contribution in [2.24, 2.45) is 0 Å². The molecule has 0 bridgehead atoms. The second-order valence-corrected chi connectivity index (χ2v) is 6.10. The number of carbonyl (C=O) groups is 1. The Morgan fingerprint density at radius 2 is 2.40 bits per heavy atom. The zero-order chi connectivity index (χ0) is 10.7. The van der Waals surface area contributed by atoms with Crippen LogP contribution in [0.4, 0.5) is 0 Å². The molecule has 1 saturated heterocycles. The molecule has 1 aromatic heterocycles. The molecular formula is C10H13BrN2OS. The van der Waals surface area contributed by atoms with Crippen molar-refractivity contribution in [2.45, 2.75) is 13.0 Å². The fourth-order valence-corrected chi connectivity index (χ4v) is 3.12. The van der Waals surface area contributed by atoms with Gasteiger partial charge in [0.1, 0.15) is 0 Å². The van der Waals surface area contributed by atoms with E-state index in [1.54, 1.807) is 11.3 Å². The number of amides is 1. The quantitative estimate of drug-likeness (QED) is 0.901. The van der Waals surface area contributed by atoms with Crippen LogP contribution in [0.1, 0.15) is 11.3 Å². The molecule has 0 radical (unpaired) electrons. The van der Waals surface area contributed by atoms with Gasteiger partial charge in [0.2, 0.25) is 5.91 Å². The number of nitrogens with one attached hydrogen (secondary N) is 1. The zero-order valence-electron chi connectivity index (χ0n) is 8.33. The zero-order valence-corrected chi connectivity index (χ0v) is 10.7. The van der Waals surface area contributed by atoms with Gasteiger partial charge in [0.25, 0.3) is 0 Å². The second-order valence-electron chi connectivity index (χ2n) is 3.55. The van der Waals surface area contributed by atoms with Crippen LogP contribution in [0.5, 0.6) is 0 Å². The summed E-state index contributed by atoms with van der Waals surface area (Å²) in [6.07, 6.45) is 1.04. The highest BCUT2D eigenvalue weighted by atomic mass is 79.9. The maximum atomic E-state index is 11.7. The summed E-state index contributed by atoms with van der Waals surface area (Å²) in [5, 5.41) is 3.12. The van der Waals surface area contributed by atoms with Gasteiger partial charge in [-0.05, 0) is 41.0 Å². The summed E-state index contributed by atoms with van der Waals surface area (Å²) in [6, 6.07) is 4.10. The molecule has 1 N–H and O–H groups in total. The molecule has 3 nitrogen and oxygen atoms in total. The van der Waals surface area contributed by atoms with Crippen molar-refractivity contribution in [1.29, 1.82) is 0 Å². The molecule has 0 aliphatic carbocycles. The Hall–Kier alpha value is -0.390. The Kier molecular flexibility index (Phi) is 3.77. The van der Waals surface area contributed by atoms with Crippen molar-refractivity contribution in [2.75, 3.05) is 19.6 Å². The van der Waals surface area contributed by atoms with Crippen molar-refractivity contribution in [3.05, 3.63) is 20.8 Å². The van der Waals surface area contributed by atoms with E-state index < -0.39 is 0 Å². The minimum atomic E-state index is 0.206. The van der Waals surface area contributed by atoms with Gasteiger partial charge in [0, 0.05) is 11.4 Å². The van der Waals surface area contributed by atoms with Crippen molar-refractivity contribution in [3.8, 4) is 0 Å². The smallest absolute Gasteiger partial charge is 0.236 e. The Labute approximate surface area is 102 Å². The normalized spacial score (nSPS) is 17.9. The molecule has 1 aromatic rings. The third-order valence-corrected chi connectivity index (χ3v) is 3.99. The minimum Gasteiger partial charge on any atom is -0.336 e. The lowest BCUT2D eigenvalue weighted by Gasteiger charge is -2.18. The first-order valence-corrected chi connectivity index (χ1v) is 6.59. The van der Waals surface area contributed by atoms with Gasteiger partial charge < -0.3 is 10.2 Å². The lowest BCUT2D eigenvalue weighted by Crippen LogP contribution is -2.34. The maximum absolute atomic E-state index is 11.7. The van der Waals surface area contributed by atoms with Gasteiger partial charge in [-0.25, -0.2) is 0 Å². The molecule has 15 heavy (non-hydrogen) atoms. The van der Waals surface area contributed by atoms with E-state index in [0.717, 1.165) is 29.8 Å². The number of hydrogen-bond donors (Lipinski definition) is 1. The second kappa shape index (κ2) is 5.09. The summed E-state index contributed by atoms with van der Waals surface area (Å²) in [5.41, 5.74) is 0. The van der Waals surface area contributed by atoms with E-state index in [0.29, 0.717) is 6.54 Å². The Balaban J connectivity index is 2.00. The highest BCUT2D eigenvalue weighted by molar-refractivity contribution is 9.11. The van der Waals surface area contributed by atoms with Crippen LogP contribution in [0.25, 0.3) is 0 Å². The first-order valence-electron chi connectivity index (χ1n) is 4.98. The number of nitrogens with zero attached hydrogens (tertiary/aromatic N) is 1. The molecule has 0 saturated carbocycles. The van der Waals surface area contributed by atoms with Crippen LogP contribution in [-0.4, -0.2) is 30.4 Å². The van der Waals surface area contributed by atoms with Gasteiger partial charge in [0.15, 0.2) is 0 Å².